The lowest BCUT2D eigenvalue weighted by molar-refractivity contribution is 0.0556. The summed E-state index contributed by atoms with van der Waals surface area (Å²) in [5, 5.41) is 0. The summed E-state index contributed by atoms with van der Waals surface area (Å²) in [5.74, 6) is 0. The van der Waals surface area contributed by atoms with Crippen LogP contribution in [-0.2, 0) is 91.0 Å². The van der Waals surface area contributed by atoms with E-state index in [0.29, 0.717) is 129 Å². The van der Waals surface area contributed by atoms with Gasteiger partial charge in [0.15, 0.2) is 0 Å². The smallest absolute Gasteiger partial charge is 0.379 e. The topological polar surface area (TPSA) is 198 Å². The Kier molecular flexibility index (Phi) is 36.8. The van der Waals surface area contributed by atoms with Crippen molar-refractivity contribution >= 4 is 35.2 Å². The highest BCUT2D eigenvalue weighted by Crippen LogP contribution is 2.20. The van der Waals surface area contributed by atoms with Gasteiger partial charge in [0.2, 0.25) is 0 Å². The van der Waals surface area contributed by atoms with Gasteiger partial charge in [-0.1, -0.05) is 0 Å². The lowest BCUT2D eigenvalue weighted by Gasteiger charge is -2.28. The highest BCUT2D eigenvalue weighted by atomic mass is 28.4. The van der Waals surface area contributed by atoms with E-state index in [1.54, 1.807) is 42.7 Å². The van der Waals surface area contributed by atoms with E-state index in [9.17, 15) is 0 Å². The molecule has 4 unspecified atom stereocenters. The van der Waals surface area contributed by atoms with Gasteiger partial charge in [0, 0.05) is 120 Å². The van der Waals surface area contributed by atoms with E-state index in [0.717, 1.165) is 51.4 Å². The molecule has 4 saturated heterocycles. The molecule has 4 fully saturated rings. The Balaban J connectivity index is 0.000000429. The van der Waals surface area contributed by atoms with E-state index in [1.807, 2.05) is 41.5 Å². The summed E-state index contributed by atoms with van der Waals surface area (Å²) in [5.41, 5.74) is 0. The number of hydrogen-bond donors (Lipinski definition) is 0. The Morgan fingerprint density at radius 1 is 0.328 bits per heavy atom. The van der Waals surface area contributed by atoms with E-state index in [4.69, 9.17) is 91.0 Å². The molecule has 0 N–H and O–H groups in total. The number of ether oxygens (including phenoxy) is 8. The summed E-state index contributed by atoms with van der Waals surface area (Å²) in [6, 6.07) is 2.97. The van der Waals surface area contributed by atoms with Crippen LogP contribution >= 0.6 is 0 Å². The minimum Gasteiger partial charge on any atom is -0.379 e. The monoisotopic (exact) mass is 1000 g/mol. The van der Waals surface area contributed by atoms with Crippen LogP contribution in [0.3, 0.4) is 0 Å². The van der Waals surface area contributed by atoms with Gasteiger partial charge in [-0.25, -0.2) is 0 Å². The van der Waals surface area contributed by atoms with Gasteiger partial charge < -0.3 is 91.0 Å². The quantitative estimate of drug-likeness (QED) is 0.0480. The fraction of sp³-hybridized carbons (Fsp3) is 1.00. The van der Waals surface area contributed by atoms with Crippen LogP contribution in [0.4, 0.5) is 0 Å². The second-order valence-electron chi connectivity index (χ2n) is 14.4. The zero-order valence-electron chi connectivity index (χ0n) is 41.4. The average Bonchev–Trinajstić information content (AvgIpc) is 4.07. The zero-order chi connectivity index (χ0) is 47.4. The van der Waals surface area contributed by atoms with Crippen LogP contribution in [0.2, 0.25) is 24.2 Å². The van der Waals surface area contributed by atoms with Crippen LogP contribution in [0, 0.1) is 0 Å². The molecular formula is C40H88O20Si4. The van der Waals surface area contributed by atoms with Crippen molar-refractivity contribution in [3.8, 4) is 0 Å². The highest BCUT2D eigenvalue weighted by Gasteiger charge is 2.42. The molecule has 384 valence electrons. The molecule has 4 aliphatic rings. The number of epoxide rings is 4. The first-order chi connectivity index (χ1) is 31.0. The molecule has 0 amide bonds. The van der Waals surface area contributed by atoms with Gasteiger partial charge in [0.05, 0.1) is 66.1 Å². The van der Waals surface area contributed by atoms with Crippen LogP contribution in [-0.4, -0.2) is 221 Å². The Morgan fingerprint density at radius 3 is 0.797 bits per heavy atom. The van der Waals surface area contributed by atoms with E-state index in [-0.39, 0.29) is 0 Å². The predicted octanol–water partition coefficient (Wildman–Crippen LogP) is 4.24. The van der Waals surface area contributed by atoms with Crippen molar-refractivity contribution < 1.29 is 91.0 Å². The molecular weight excluding hydrogens is 913 g/mol. The molecule has 24 heteroatoms. The van der Waals surface area contributed by atoms with Gasteiger partial charge in [-0.2, -0.15) is 0 Å². The lowest BCUT2D eigenvalue weighted by atomic mass is 10.5. The average molecular weight is 1000 g/mol. The SMILES string of the molecule is CCO[Si](CCCOCC1CO1)(OCC)OCC.CCO[Si](CCOCC1CO1)(OCC)OCC.CO[Si](CCCOCC1CO1)(OC)OC.CO[Si](CCOCC1CO1)(OC)OC. The third kappa shape index (κ3) is 29.8. The predicted molar refractivity (Wildman–Crippen MR) is 246 cm³/mol. The Labute approximate surface area is 389 Å². The normalized spacial score (nSPS) is 20.1. The summed E-state index contributed by atoms with van der Waals surface area (Å²) in [4.78, 5) is 0. The molecule has 0 radical (unpaired) electrons. The van der Waals surface area contributed by atoms with Gasteiger partial charge >= 0.3 is 35.2 Å². The van der Waals surface area contributed by atoms with Crippen LogP contribution in [0.1, 0.15) is 54.4 Å². The minimum absolute atomic E-state index is 0.303. The maximum Gasteiger partial charge on any atom is 0.503 e. The molecule has 4 heterocycles. The van der Waals surface area contributed by atoms with E-state index in [1.165, 1.54) is 0 Å². The van der Waals surface area contributed by atoms with Gasteiger partial charge in [0.25, 0.3) is 0 Å². The summed E-state index contributed by atoms with van der Waals surface area (Å²) >= 11 is 0. The molecule has 0 aliphatic carbocycles. The van der Waals surface area contributed by atoms with Crippen molar-refractivity contribution in [3.63, 3.8) is 0 Å². The molecule has 0 bridgehead atoms. The van der Waals surface area contributed by atoms with Crippen LogP contribution in [0.25, 0.3) is 0 Å². The van der Waals surface area contributed by atoms with Crippen LogP contribution < -0.4 is 0 Å². The highest BCUT2D eigenvalue weighted by molar-refractivity contribution is 6.61. The number of hydrogen-bond acceptors (Lipinski definition) is 20. The van der Waals surface area contributed by atoms with E-state index in [2.05, 4.69) is 0 Å². The van der Waals surface area contributed by atoms with Crippen molar-refractivity contribution in [2.75, 3.05) is 162 Å². The molecule has 0 saturated carbocycles. The van der Waals surface area contributed by atoms with E-state index >= 15 is 0 Å². The summed E-state index contributed by atoms with van der Waals surface area (Å²) in [7, 11) is -0.136. The van der Waals surface area contributed by atoms with Gasteiger partial charge in [-0.05, 0) is 54.4 Å². The largest absolute Gasteiger partial charge is 0.503 e. The first-order valence-electron chi connectivity index (χ1n) is 23.0. The fourth-order valence-electron chi connectivity index (χ4n) is 5.81. The summed E-state index contributed by atoms with van der Waals surface area (Å²) < 4.78 is 108. The lowest BCUT2D eigenvalue weighted by Crippen LogP contribution is -2.46. The Hall–Kier alpha value is 0.0675. The Bertz CT molecular complexity index is 1010. The van der Waals surface area contributed by atoms with Crippen molar-refractivity contribution in [1.29, 1.82) is 0 Å². The first kappa shape index (κ1) is 62.1. The Morgan fingerprint density at radius 2 is 0.547 bits per heavy atom. The molecule has 0 aromatic carbocycles. The minimum atomic E-state index is -2.51. The maximum atomic E-state index is 5.76. The first-order valence-corrected chi connectivity index (χ1v) is 30.7. The van der Waals surface area contributed by atoms with Crippen molar-refractivity contribution in [1.82, 2.24) is 0 Å². The zero-order valence-corrected chi connectivity index (χ0v) is 45.4. The number of rotatable bonds is 40. The third-order valence-corrected chi connectivity index (χ3v) is 21.2. The van der Waals surface area contributed by atoms with Gasteiger partial charge in [0.1, 0.15) is 24.4 Å². The molecule has 0 spiro atoms. The molecule has 4 rings (SSSR count). The van der Waals surface area contributed by atoms with Gasteiger partial charge in [-0.15, -0.1) is 0 Å². The molecule has 64 heavy (non-hydrogen) atoms. The van der Waals surface area contributed by atoms with Crippen molar-refractivity contribution in [2.24, 2.45) is 0 Å². The second kappa shape index (κ2) is 37.9. The molecule has 0 aromatic heterocycles. The molecule has 20 nitrogen and oxygen atoms in total. The van der Waals surface area contributed by atoms with Crippen molar-refractivity contribution in [2.45, 2.75) is 103 Å². The summed E-state index contributed by atoms with van der Waals surface area (Å²) in [6.45, 7) is 24.1. The standard InChI is InChI=1S/C12H26O5Si.C11H24O5Si.C9H20O5Si.C8H18O5Si/c1-4-15-18(16-5-2,17-6-3)9-7-8-13-10-12-11-14-12;1-4-14-17(15-5-2,16-6-3)8-7-12-9-11-10-13-11;1-10-15(11-2,12-3)6-4-5-13-7-9-8-14-9;1-9-14(10-2,11-3)5-4-12-6-8-7-13-8/h12H,4-11H2,1-3H3;11H,4-10H2,1-3H3;9H,4-8H2,1-3H3;8H,4-7H2,1-3H3. The molecule has 0 aromatic rings. The summed E-state index contributed by atoms with van der Waals surface area (Å²) in [6.07, 6.45) is 3.06. The van der Waals surface area contributed by atoms with Crippen LogP contribution in [0.5, 0.6) is 0 Å². The van der Waals surface area contributed by atoms with Crippen molar-refractivity contribution in [3.05, 3.63) is 0 Å². The second-order valence-corrected chi connectivity index (χ2v) is 26.0. The molecule has 4 aliphatic heterocycles. The molecule has 4 atom stereocenters. The third-order valence-electron chi connectivity index (χ3n) is 9.52. The van der Waals surface area contributed by atoms with E-state index < -0.39 is 35.2 Å². The maximum absolute atomic E-state index is 5.76. The fourth-order valence-corrected chi connectivity index (χ4v) is 14.0. The van der Waals surface area contributed by atoms with Crippen LogP contribution in [0.15, 0.2) is 0 Å². The van der Waals surface area contributed by atoms with Gasteiger partial charge in [-0.3, -0.25) is 0 Å².